The highest BCUT2D eigenvalue weighted by molar-refractivity contribution is 6.34. The maximum atomic E-state index is 11.3. The maximum absolute atomic E-state index is 11.3. The average molecular weight is 311 g/mol. The summed E-state index contributed by atoms with van der Waals surface area (Å²) in [5.74, 6) is 0. The van der Waals surface area contributed by atoms with Crippen LogP contribution >= 0.6 is 35.6 Å². The molecule has 0 aliphatic carbocycles. The molecule has 1 saturated heterocycles. The molecule has 0 radical (unpaired) electrons. The van der Waals surface area contributed by atoms with Gasteiger partial charge in [-0.1, -0.05) is 37.0 Å². The summed E-state index contributed by atoms with van der Waals surface area (Å²) in [6.45, 7) is 4.41. The average Bonchev–Trinajstić information content (AvgIpc) is 2.20. The second kappa shape index (κ2) is 5.55. The topological polar surface area (TPSA) is 38.3 Å². The Labute approximate surface area is 122 Å². The summed E-state index contributed by atoms with van der Waals surface area (Å²) in [5.41, 5.74) is 0.686. The van der Waals surface area contributed by atoms with Crippen molar-refractivity contribution in [3.05, 3.63) is 33.8 Å². The van der Waals surface area contributed by atoms with Crippen LogP contribution in [-0.4, -0.2) is 12.7 Å². The van der Waals surface area contributed by atoms with Crippen molar-refractivity contribution in [3.8, 4) is 0 Å². The summed E-state index contributed by atoms with van der Waals surface area (Å²) in [5, 5.41) is 3.92. The second-order valence-corrected chi connectivity index (χ2v) is 5.72. The monoisotopic (exact) mass is 309 g/mol. The van der Waals surface area contributed by atoms with E-state index < -0.39 is 6.09 Å². The van der Waals surface area contributed by atoms with Crippen LogP contribution in [0, 0.1) is 5.41 Å². The molecule has 100 valence electrons. The molecule has 2 rings (SSSR count). The van der Waals surface area contributed by atoms with Crippen LogP contribution in [0.2, 0.25) is 10.0 Å². The first-order valence-electron chi connectivity index (χ1n) is 5.28. The number of halogens is 3. The zero-order chi connectivity index (χ0) is 12.6. The van der Waals surface area contributed by atoms with Gasteiger partial charge < -0.3 is 10.1 Å². The van der Waals surface area contributed by atoms with E-state index in [0.717, 1.165) is 5.56 Å². The first-order valence-corrected chi connectivity index (χ1v) is 6.03. The Morgan fingerprint density at radius 2 is 1.83 bits per heavy atom. The van der Waals surface area contributed by atoms with Crippen molar-refractivity contribution >= 4 is 41.7 Å². The molecule has 1 fully saturated rings. The first kappa shape index (κ1) is 15.4. The van der Waals surface area contributed by atoms with Gasteiger partial charge in [-0.2, -0.15) is 0 Å². The molecule has 18 heavy (non-hydrogen) atoms. The smallest absolute Gasteiger partial charge is 0.407 e. The first-order chi connectivity index (χ1) is 7.88. The number of hydrogen-bond donors (Lipinski definition) is 1. The van der Waals surface area contributed by atoms with Crippen molar-refractivity contribution in [1.29, 1.82) is 0 Å². The number of nitrogens with one attached hydrogen (secondary N) is 1. The Morgan fingerprint density at radius 3 is 2.39 bits per heavy atom. The van der Waals surface area contributed by atoms with Gasteiger partial charge in [0.2, 0.25) is 0 Å². The Bertz CT molecular complexity index is 442. The molecule has 1 aromatic rings. The normalized spacial score (nSPS) is 21.6. The van der Waals surface area contributed by atoms with Crippen LogP contribution in [0.15, 0.2) is 18.2 Å². The van der Waals surface area contributed by atoms with E-state index in [0.29, 0.717) is 16.7 Å². The summed E-state index contributed by atoms with van der Waals surface area (Å²) in [6.07, 6.45) is -0.412. The van der Waals surface area contributed by atoms with Gasteiger partial charge in [0.1, 0.15) is 6.61 Å². The van der Waals surface area contributed by atoms with Crippen LogP contribution in [0.5, 0.6) is 0 Å². The van der Waals surface area contributed by atoms with E-state index in [9.17, 15) is 4.79 Å². The Kier molecular flexibility index (Phi) is 4.76. The van der Waals surface area contributed by atoms with Gasteiger partial charge in [0.05, 0.1) is 6.04 Å². The fourth-order valence-corrected chi connectivity index (χ4v) is 2.51. The van der Waals surface area contributed by atoms with Gasteiger partial charge in [-0.3, -0.25) is 0 Å². The minimum absolute atomic E-state index is 0. The lowest BCUT2D eigenvalue weighted by atomic mass is 9.80. The SMILES string of the molecule is CC1(C)COC(=O)N[C@H]1c1cc(Cl)cc(Cl)c1.Cl. The number of hydrogen-bond acceptors (Lipinski definition) is 2. The van der Waals surface area contributed by atoms with Gasteiger partial charge in [0.25, 0.3) is 0 Å². The van der Waals surface area contributed by atoms with E-state index in [4.69, 9.17) is 27.9 Å². The molecule has 1 aliphatic heterocycles. The van der Waals surface area contributed by atoms with E-state index in [1.807, 2.05) is 26.0 Å². The molecule has 1 amide bonds. The predicted molar refractivity (Wildman–Crippen MR) is 74.7 cm³/mol. The van der Waals surface area contributed by atoms with Crippen molar-refractivity contribution in [2.45, 2.75) is 19.9 Å². The van der Waals surface area contributed by atoms with Gasteiger partial charge in [-0.15, -0.1) is 12.4 Å². The molecule has 0 unspecified atom stereocenters. The maximum Gasteiger partial charge on any atom is 0.407 e. The zero-order valence-electron chi connectivity index (χ0n) is 10.00. The van der Waals surface area contributed by atoms with Gasteiger partial charge in [0, 0.05) is 15.5 Å². The summed E-state index contributed by atoms with van der Waals surface area (Å²) < 4.78 is 4.99. The van der Waals surface area contributed by atoms with E-state index >= 15 is 0 Å². The highest BCUT2D eigenvalue weighted by Gasteiger charge is 2.38. The number of alkyl carbamates (subject to hydrolysis) is 1. The highest BCUT2D eigenvalue weighted by Crippen LogP contribution is 2.38. The molecule has 3 nitrogen and oxygen atoms in total. The Hall–Kier alpha value is -0.640. The van der Waals surface area contributed by atoms with Crippen molar-refractivity contribution in [1.82, 2.24) is 5.32 Å². The number of carbonyl (C=O) groups is 1. The van der Waals surface area contributed by atoms with Crippen molar-refractivity contribution in [2.75, 3.05) is 6.61 Å². The molecule has 0 saturated carbocycles. The number of ether oxygens (including phenoxy) is 1. The number of rotatable bonds is 1. The van der Waals surface area contributed by atoms with E-state index in [-0.39, 0.29) is 23.9 Å². The van der Waals surface area contributed by atoms with Crippen LogP contribution < -0.4 is 5.32 Å². The van der Waals surface area contributed by atoms with Crippen molar-refractivity contribution < 1.29 is 9.53 Å². The molecule has 1 aromatic carbocycles. The summed E-state index contributed by atoms with van der Waals surface area (Å²) in [6, 6.07) is 5.14. The molecule has 0 spiro atoms. The van der Waals surface area contributed by atoms with Crippen molar-refractivity contribution in [3.63, 3.8) is 0 Å². The Morgan fingerprint density at radius 1 is 1.28 bits per heavy atom. The van der Waals surface area contributed by atoms with Gasteiger partial charge in [0.15, 0.2) is 0 Å². The second-order valence-electron chi connectivity index (χ2n) is 4.84. The summed E-state index contributed by atoms with van der Waals surface area (Å²) >= 11 is 11.9. The third kappa shape index (κ3) is 3.22. The molecule has 0 aromatic heterocycles. The highest BCUT2D eigenvalue weighted by atomic mass is 35.5. The molecule has 0 bridgehead atoms. The lowest BCUT2D eigenvalue weighted by molar-refractivity contribution is 0.0387. The van der Waals surface area contributed by atoms with E-state index in [1.165, 1.54) is 0 Å². The van der Waals surface area contributed by atoms with Crippen LogP contribution in [-0.2, 0) is 4.74 Å². The fraction of sp³-hybridized carbons (Fsp3) is 0.417. The molecular weight excluding hydrogens is 296 g/mol. The fourth-order valence-electron chi connectivity index (χ4n) is 1.97. The molecule has 6 heteroatoms. The van der Waals surface area contributed by atoms with E-state index in [1.54, 1.807) is 6.07 Å². The van der Waals surface area contributed by atoms with Gasteiger partial charge in [-0.05, 0) is 23.8 Å². The number of cyclic esters (lactones) is 1. The molecule has 1 heterocycles. The van der Waals surface area contributed by atoms with Crippen molar-refractivity contribution in [2.24, 2.45) is 5.41 Å². The summed E-state index contributed by atoms with van der Waals surface area (Å²) in [4.78, 5) is 11.3. The van der Waals surface area contributed by atoms with Crippen LogP contribution in [0.3, 0.4) is 0 Å². The van der Waals surface area contributed by atoms with Crippen LogP contribution in [0.25, 0.3) is 0 Å². The standard InChI is InChI=1S/C12H13Cl2NO2.ClH/c1-12(2)6-17-11(16)15-10(12)7-3-8(13)5-9(14)4-7;/h3-5,10H,6H2,1-2H3,(H,15,16);1H/t10-;/m0./s1. The van der Waals surface area contributed by atoms with Crippen LogP contribution in [0.4, 0.5) is 4.79 Å². The molecule has 1 aliphatic rings. The third-order valence-electron chi connectivity index (χ3n) is 2.84. The minimum atomic E-state index is -0.412. The van der Waals surface area contributed by atoms with Gasteiger partial charge in [-0.25, -0.2) is 4.79 Å². The number of carbonyl (C=O) groups excluding carboxylic acids is 1. The molecular formula is C12H14Cl3NO2. The zero-order valence-corrected chi connectivity index (χ0v) is 12.3. The largest absolute Gasteiger partial charge is 0.449 e. The lowest BCUT2D eigenvalue weighted by Crippen LogP contribution is -2.46. The quantitative estimate of drug-likeness (QED) is 0.843. The molecule has 1 N–H and O–H groups in total. The minimum Gasteiger partial charge on any atom is -0.449 e. The third-order valence-corrected chi connectivity index (χ3v) is 3.27. The Balaban J connectivity index is 0.00000162. The number of amides is 1. The van der Waals surface area contributed by atoms with Crippen LogP contribution in [0.1, 0.15) is 25.5 Å². The van der Waals surface area contributed by atoms with E-state index in [2.05, 4.69) is 5.32 Å². The summed E-state index contributed by atoms with van der Waals surface area (Å²) in [7, 11) is 0. The number of benzene rings is 1. The van der Waals surface area contributed by atoms with Gasteiger partial charge >= 0.3 is 6.09 Å². The lowest BCUT2D eigenvalue weighted by Gasteiger charge is -2.38. The molecule has 1 atom stereocenters. The predicted octanol–water partition coefficient (Wildman–Crippen LogP) is 4.22.